The van der Waals surface area contributed by atoms with Gasteiger partial charge in [0.25, 0.3) is 0 Å². The number of hydrogen-bond donors (Lipinski definition) is 2. The molecule has 20 heavy (non-hydrogen) atoms. The van der Waals surface area contributed by atoms with Crippen LogP contribution >= 0.6 is 0 Å². The number of nitrogens with zero attached hydrogens (tertiary/aromatic N) is 1. The summed E-state index contributed by atoms with van der Waals surface area (Å²) in [6.07, 6.45) is 0.861. The second-order valence-corrected chi connectivity index (χ2v) is 6.39. The molecule has 2 amide bonds. The Morgan fingerprint density at radius 2 is 2.10 bits per heavy atom. The van der Waals surface area contributed by atoms with Crippen LogP contribution in [0.25, 0.3) is 0 Å². The van der Waals surface area contributed by atoms with Crippen molar-refractivity contribution in [2.75, 3.05) is 26.7 Å². The van der Waals surface area contributed by atoms with Crippen molar-refractivity contribution in [3.05, 3.63) is 0 Å². The molecule has 0 spiro atoms. The Labute approximate surface area is 120 Å². The molecule has 1 aliphatic heterocycles. The molecule has 3 unspecified atom stereocenters. The average molecular weight is 283 g/mol. The molecule has 2 fully saturated rings. The zero-order chi connectivity index (χ0) is 15.1. The molecule has 114 valence electrons. The van der Waals surface area contributed by atoms with E-state index in [-0.39, 0.29) is 30.4 Å². The summed E-state index contributed by atoms with van der Waals surface area (Å²) in [6, 6.07) is 0. The maximum absolute atomic E-state index is 12.7. The molecule has 3 N–H and O–H groups in total. The van der Waals surface area contributed by atoms with Crippen molar-refractivity contribution in [2.24, 2.45) is 17.1 Å². The van der Waals surface area contributed by atoms with Crippen molar-refractivity contribution in [3.8, 4) is 0 Å². The monoisotopic (exact) mass is 283 g/mol. The van der Waals surface area contributed by atoms with E-state index >= 15 is 0 Å². The lowest BCUT2D eigenvalue weighted by molar-refractivity contribution is -0.183. The van der Waals surface area contributed by atoms with Crippen LogP contribution < -0.4 is 11.1 Å². The molecule has 3 atom stereocenters. The van der Waals surface area contributed by atoms with E-state index in [0.29, 0.717) is 13.2 Å². The molecule has 6 heteroatoms. The van der Waals surface area contributed by atoms with E-state index < -0.39 is 11.0 Å². The number of fused-ring (bicyclic) bond motifs is 1. The van der Waals surface area contributed by atoms with Crippen LogP contribution in [0.15, 0.2) is 0 Å². The van der Waals surface area contributed by atoms with Gasteiger partial charge in [-0.15, -0.1) is 0 Å². The first-order valence-corrected chi connectivity index (χ1v) is 7.19. The highest BCUT2D eigenvalue weighted by atomic mass is 16.5. The molecule has 1 heterocycles. The second kappa shape index (κ2) is 5.00. The summed E-state index contributed by atoms with van der Waals surface area (Å²) in [5, 5.41) is 2.69. The number of carbonyl (C=O) groups is 2. The molecule has 6 nitrogen and oxygen atoms in total. The van der Waals surface area contributed by atoms with Gasteiger partial charge < -0.3 is 20.7 Å². The summed E-state index contributed by atoms with van der Waals surface area (Å²) in [5.74, 6) is -0.273. The standard InChI is InChI=1S/C14H25N3O3/c1-5-16-10(18)8-17(4)12(19)14(15)9-6-7-20-11(9)13(14,2)3/h9,11H,5-8,15H2,1-4H3,(H,16,18). The summed E-state index contributed by atoms with van der Waals surface area (Å²) in [7, 11) is 1.63. The highest BCUT2D eigenvalue weighted by molar-refractivity contribution is 5.92. The average Bonchev–Trinajstić information content (AvgIpc) is 2.85. The number of nitrogens with two attached hydrogens (primary N) is 1. The molecule has 1 aliphatic carbocycles. The summed E-state index contributed by atoms with van der Waals surface area (Å²) in [4.78, 5) is 25.8. The van der Waals surface area contributed by atoms with Gasteiger partial charge in [-0.2, -0.15) is 0 Å². The van der Waals surface area contributed by atoms with Gasteiger partial charge in [-0.25, -0.2) is 0 Å². The Balaban J connectivity index is 2.10. The van der Waals surface area contributed by atoms with Gasteiger partial charge in [0.15, 0.2) is 0 Å². The molecule has 0 bridgehead atoms. The van der Waals surface area contributed by atoms with Crippen LogP contribution in [0.3, 0.4) is 0 Å². The number of amides is 2. The van der Waals surface area contributed by atoms with E-state index in [1.807, 2.05) is 20.8 Å². The topological polar surface area (TPSA) is 84.7 Å². The molecule has 0 radical (unpaired) electrons. The van der Waals surface area contributed by atoms with Gasteiger partial charge in [0.05, 0.1) is 12.6 Å². The van der Waals surface area contributed by atoms with Crippen LogP contribution in [-0.2, 0) is 14.3 Å². The van der Waals surface area contributed by atoms with Crippen LogP contribution in [0.1, 0.15) is 27.2 Å². The summed E-state index contributed by atoms with van der Waals surface area (Å²) >= 11 is 0. The minimum Gasteiger partial charge on any atom is -0.377 e. The summed E-state index contributed by atoms with van der Waals surface area (Å²) < 4.78 is 5.68. The van der Waals surface area contributed by atoms with Crippen LogP contribution in [0.4, 0.5) is 0 Å². The third-order valence-corrected chi connectivity index (χ3v) is 4.91. The van der Waals surface area contributed by atoms with E-state index in [0.717, 1.165) is 6.42 Å². The van der Waals surface area contributed by atoms with Gasteiger partial charge in [-0.3, -0.25) is 9.59 Å². The lowest BCUT2D eigenvalue weighted by atomic mass is 9.47. The Morgan fingerprint density at radius 3 is 2.70 bits per heavy atom. The van der Waals surface area contributed by atoms with E-state index in [2.05, 4.69) is 5.32 Å². The van der Waals surface area contributed by atoms with Gasteiger partial charge in [-0.1, -0.05) is 13.8 Å². The fourth-order valence-electron chi connectivity index (χ4n) is 3.67. The van der Waals surface area contributed by atoms with E-state index in [9.17, 15) is 9.59 Å². The molecule has 0 aromatic carbocycles. The maximum atomic E-state index is 12.7. The van der Waals surface area contributed by atoms with Crippen molar-refractivity contribution < 1.29 is 14.3 Å². The number of likely N-dealkylation sites (N-methyl/N-ethyl adjacent to an activating group) is 2. The van der Waals surface area contributed by atoms with Gasteiger partial charge >= 0.3 is 0 Å². The SMILES string of the molecule is CCNC(=O)CN(C)C(=O)C1(N)C2CCOC2C1(C)C. The zero-order valence-electron chi connectivity index (χ0n) is 12.7. The summed E-state index contributed by atoms with van der Waals surface area (Å²) in [5.41, 5.74) is 5.12. The fraction of sp³-hybridized carbons (Fsp3) is 0.857. The Bertz CT molecular complexity index is 424. The van der Waals surface area contributed by atoms with E-state index in [4.69, 9.17) is 10.5 Å². The van der Waals surface area contributed by atoms with Crippen molar-refractivity contribution in [1.29, 1.82) is 0 Å². The van der Waals surface area contributed by atoms with Gasteiger partial charge in [0.2, 0.25) is 11.8 Å². The molecule has 2 rings (SSSR count). The highest BCUT2D eigenvalue weighted by Gasteiger charge is 2.71. The zero-order valence-corrected chi connectivity index (χ0v) is 12.7. The third kappa shape index (κ3) is 1.93. The lowest BCUT2D eigenvalue weighted by Gasteiger charge is -2.61. The molecule has 0 aromatic rings. The van der Waals surface area contributed by atoms with Crippen molar-refractivity contribution in [3.63, 3.8) is 0 Å². The maximum Gasteiger partial charge on any atom is 0.243 e. The first-order chi connectivity index (χ1) is 9.26. The number of carbonyl (C=O) groups excluding carboxylic acids is 2. The van der Waals surface area contributed by atoms with Crippen molar-refractivity contribution in [1.82, 2.24) is 10.2 Å². The van der Waals surface area contributed by atoms with Gasteiger partial charge in [0.1, 0.15) is 5.54 Å². The van der Waals surface area contributed by atoms with Crippen LogP contribution in [0.2, 0.25) is 0 Å². The predicted octanol–water partition coefficient (Wildman–Crippen LogP) is -0.277. The first kappa shape index (κ1) is 15.3. The predicted molar refractivity (Wildman–Crippen MR) is 74.9 cm³/mol. The first-order valence-electron chi connectivity index (χ1n) is 7.19. The van der Waals surface area contributed by atoms with E-state index in [1.165, 1.54) is 4.90 Å². The van der Waals surface area contributed by atoms with E-state index in [1.54, 1.807) is 7.05 Å². The van der Waals surface area contributed by atoms with Crippen LogP contribution in [0, 0.1) is 11.3 Å². The Kier molecular flexibility index (Phi) is 3.81. The molecular weight excluding hydrogens is 258 g/mol. The molecule has 1 saturated carbocycles. The number of rotatable bonds is 4. The number of nitrogens with one attached hydrogen (secondary N) is 1. The number of ether oxygens (including phenoxy) is 1. The minimum absolute atomic E-state index is 0.0416. The fourth-order valence-corrected chi connectivity index (χ4v) is 3.67. The highest BCUT2D eigenvalue weighted by Crippen LogP contribution is 2.58. The largest absolute Gasteiger partial charge is 0.377 e. The normalized spacial score (nSPS) is 34.0. The second-order valence-electron chi connectivity index (χ2n) is 6.39. The molecular formula is C14H25N3O3. The number of hydrogen-bond acceptors (Lipinski definition) is 4. The smallest absolute Gasteiger partial charge is 0.243 e. The third-order valence-electron chi connectivity index (χ3n) is 4.91. The summed E-state index contributed by atoms with van der Waals surface area (Å²) in [6.45, 7) is 7.04. The Morgan fingerprint density at radius 1 is 1.45 bits per heavy atom. The van der Waals surface area contributed by atoms with Crippen molar-refractivity contribution in [2.45, 2.75) is 38.8 Å². The molecule has 2 aliphatic rings. The lowest BCUT2D eigenvalue weighted by Crippen LogP contribution is -2.80. The Hall–Kier alpha value is -1.14. The minimum atomic E-state index is -0.935. The van der Waals surface area contributed by atoms with Gasteiger partial charge in [0, 0.05) is 31.5 Å². The van der Waals surface area contributed by atoms with Gasteiger partial charge in [-0.05, 0) is 13.3 Å². The molecule has 0 aromatic heterocycles. The van der Waals surface area contributed by atoms with Crippen LogP contribution in [-0.4, -0.2) is 55.1 Å². The van der Waals surface area contributed by atoms with Crippen LogP contribution in [0.5, 0.6) is 0 Å². The molecule has 1 saturated heterocycles. The quantitative estimate of drug-likeness (QED) is 0.743. The van der Waals surface area contributed by atoms with Crippen molar-refractivity contribution >= 4 is 11.8 Å².